The summed E-state index contributed by atoms with van der Waals surface area (Å²) in [5.74, 6) is 0. The zero-order chi connectivity index (χ0) is 11.8. The van der Waals surface area contributed by atoms with E-state index in [0.29, 0.717) is 6.04 Å². The van der Waals surface area contributed by atoms with Crippen LogP contribution in [-0.4, -0.2) is 32.8 Å². The molecule has 3 rings (SSSR count). The Morgan fingerprint density at radius 1 is 1.53 bits per heavy atom. The Morgan fingerprint density at radius 3 is 2.94 bits per heavy atom. The van der Waals surface area contributed by atoms with Gasteiger partial charge in [0.15, 0.2) is 0 Å². The molecule has 1 aliphatic heterocycles. The van der Waals surface area contributed by atoms with E-state index >= 15 is 0 Å². The van der Waals surface area contributed by atoms with Gasteiger partial charge in [0.25, 0.3) is 0 Å². The van der Waals surface area contributed by atoms with Gasteiger partial charge in [0.05, 0.1) is 27.4 Å². The molecule has 17 heavy (non-hydrogen) atoms. The topological polar surface area (TPSA) is 34.0 Å². The van der Waals surface area contributed by atoms with Crippen LogP contribution in [0, 0.1) is 6.92 Å². The maximum atomic E-state index is 4.48. The lowest BCUT2D eigenvalue weighted by Crippen LogP contribution is -2.47. The van der Waals surface area contributed by atoms with Gasteiger partial charge in [-0.1, -0.05) is 0 Å². The molecule has 0 saturated carbocycles. The van der Waals surface area contributed by atoms with E-state index in [9.17, 15) is 0 Å². The van der Waals surface area contributed by atoms with Gasteiger partial charge in [-0.15, -0.1) is 11.3 Å². The fourth-order valence-corrected chi connectivity index (χ4v) is 2.97. The lowest BCUT2D eigenvalue weighted by molar-refractivity contribution is 0.0897. The molecular formula is C11H13BrN4S. The Kier molecular flexibility index (Phi) is 3.02. The first kappa shape index (κ1) is 11.4. The van der Waals surface area contributed by atoms with Crippen molar-refractivity contribution < 1.29 is 0 Å². The molecule has 0 radical (unpaired) electrons. The monoisotopic (exact) mass is 312 g/mol. The van der Waals surface area contributed by atoms with E-state index in [1.807, 2.05) is 24.0 Å². The molecule has 0 bridgehead atoms. The molecule has 4 nitrogen and oxygen atoms in total. The van der Waals surface area contributed by atoms with Crippen molar-refractivity contribution in [2.24, 2.45) is 0 Å². The lowest BCUT2D eigenvalue weighted by Gasteiger charge is -2.38. The van der Waals surface area contributed by atoms with Gasteiger partial charge in [-0.05, 0) is 22.9 Å². The van der Waals surface area contributed by atoms with Crippen LogP contribution in [0.25, 0.3) is 0 Å². The first-order valence-corrected chi connectivity index (χ1v) is 7.21. The van der Waals surface area contributed by atoms with Gasteiger partial charge >= 0.3 is 0 Å². The smallest absolute Gasteiger partial charge is 0.0897 e. The van der Waals surface area contributed by atoms with Crippen LogP contribution in [0.2, 0.25) is 0 Å². The molecule has 90 valence electrons. The Bertz CT molecular complexity index is 515. The predicted octanol–water partition coefficient (Wildman–Crippen LogP) is 2.47. The third kappa shape index (κ3) is 2.43. The minimum absolute atomic E-state index is 0.515. The van der Waals surface area contributed by atoms with E-state index in [2.05, 4.69) is 36.3 Å². The summed E-state index contributed by atoms with van der Waals surface area (Å²) in [4.78, 5) is 6.88. The first-order chi connectivity index (χ1) is 8.20. The van der Waals surface area contributed by atoms with Crippen molar-refractivity contribution in [2.75, 3.05) is 13.1 Å². The minimum atomic E-state index is 0.515. The molecule has 0 N–H and O–H groups in total. The molecule has 1 saturated heterocycles. The largest absolute Gasteiger partial charge is 0.293 e. The number of thiazole rings is 1. The average Bonchev–Trinajstić information content (AvgIpc) is 2.81. The summed E-state index contributed by atoms with van der Waals surface area (Å²) in [5, 5.41) is 7.61. The minimum Gasteiger partial charge on any atom is -0.293 e. The summed E-state index contributed by atoms with van der Waals surface area (Å²) >= 11 is 5.14. The second kappa shape index (κ2) is 4.51. The van der Waals surface area contributed by atoms with Crippen LogP contribution in [0.4, 0.5) is 0 Å². The standard InChI is InChI=1S/C11H13BrN4S/c1-8-14-10(7-17-8)4-15-5-11(6-15)16-3-9(12)2-13-16/h2-3,7,11H,4-6H2,1H3. The fraction of sp³-hybridized carbons (Fsp3) is 0.455. The quantitative estimate of drug-likeness (QED) is 0.873. The Balaban J connectivity index is 1.55. The molecule has 0 unspecified atom stereocenters. The highest BCUT2D eigenvalue weighted by molar-refractivity contribution is 9.10. The van der Waals surface area contributed by atoms with Crippen LogP contribution < -0.4 is 0 Å². The summed E-state index contributed by atoms with van der Waals surface area (Å²) in [7, 11) is 0. The normalized spacial score (nSPS) is 17.3. The van der Waals surface area contributed by atoms with E-state index in [1.165, 1.54) is 5.69 Å². The number of aryl methyl sites for hydroxylation is 1. The van der Waals surface area contributed by atoms with Gasteiger partial charge in [0.2, 0.25) is 0 Å². The van der Waals surface area contributed by atoms with Crippen molar-refractivity contribution in [2.45, 2.75) is 19.5 Å². The number of nitrogens with zero attached hydrogens (tertiary/aromatic N) is 4. The van der Waals surface area contributed by atoms with Crippen molar-refractivity contribution in [3.05, 3.63) is 32.9 Å². The third-order valence-electron chi connectivity index (χ3n) is 2.93. The Labute approximate surface area is 112 Å². The molecular weight excluding hydrogens is 300 g/mol. The van der Waals surface area contributed by atoms with Gasteiger partial charge < -0.3 is 0 Å². The van der Waals surface area contributed by atoms with Crippen molar-refractivity contribution in [1.29, 1.82) is 0 Å². The molecule has 0 aromatic carbocycles. The second-order valence-electron chi connectivity index (χ2n) is 4.34. The van der Waals surface area contributed by atoms with Crippen LogP contribution >= 0.6 is 27.3 Å². The number of hydrogen-bond donors (Lipinski definition) is 0. The number of likely N-dealkylation sites (tertiary alicyclic amines) is 1. The molecule has 0 spiro atoms. The molecule has 1 fully saturated rings. The van der Waals surface area contributed by atoms with Gasteiger partial charge in [-0.3, -0.25) is 9.58 Å². The summed E-state index contributed by atoms with van der Waals surface area (Å²) in [5.41, 5.74) is 1.19. The maximum absolute atomic E-state index is 4.48. The second-order valence-corrected chi connectivity index (χ2v) is 6.32. The lowest BCUT2D eigenvalue weighted by atomic mass is 10.1. The highest BCUT2D eigenvalue weighted by Crippen LogP contribution is 2.24. The SMILES string of the molecule is Cc1nc(CN2CC(n3cc(Br)cn3)C2)cs1. The Morgan fingerprint density at radius 2 is 2.35 bits per heavy atom. The van der Waals surface area contributed by atoms with Gasteiger partial charge in [0, 0.05) is 31.2 Å². The Hall–Kier alpha value is -0.720. The van der Waals surface area contributed by atoms with Gasteiger partial charge in [-0.25, -0.2) is 4.98 Å². The molecule has 0 amide bonds. The highest BCUT2D eigenvalue weighted by atomic mass is 79.9. The van der Waals surface area contributed by atoms with Gasteiger partial charge in [-0.2, -0.15) is 5.10 Å². The summed E-state index contributed by atoms with van der Waals surface area (Å²) in [6.45, 7) is 5.13. The van der Waals surface area contributed by atoms with Crippen molar-refractivity contribution >= 4 is 27.3 Å². The van der Waals surface area contributed by atoms with Crippen LogP contribution in [0.1, 0.15) is 16.7 Å². The summed E-state index contributed by atoms with van der Waals surface area (Å²) in [6, 6.07) is 0.515. The zero-order valence-corrected chi connectivity index (χ0v) is 11.9. The number of rotatable bonds is 3. The average molecular weight is 313 g/mol. The summed E-state index contributed by atoms with van der Waals surface area (Å²) < 4.78 is 3.08. The van der Waals surface area contributed by atoms with Crippen LogP contribution in [-0.2, 0) is 6.54 Å². The molecule has 1 aliphatic rings. The number of hydrogen-bond acceptors (Lipinski definition) is 4. The van der Waals surface area contributed by atoms with E-state index in [0.717, 1.165) is 29.1 Å². The van der Waals surface area contributed by atoms with Gasteiger partial charge in [0.1, 0.15) is 0 Å². The molecule has 0 atom stereocenters. The van der Waals surface area contributed by atoms with Crippen LogP contribution in [0.15, 0.2) is 22.2 Å². The maximum Gasteiger partial charge on any atom is 0.0897 e. The number of aromatic nitrogens is 3. The van der Waals surface area contributed by atoms with Crippen molar-refractivity contribution in [3.63, 3.8) is 0 Å². The van der Waals surface area contributed by atoms with Crippen molar-refractivity contribution in [3.8, 4) is 0 Å². The zero-order valence-electron chi connectivity index (χ0n) is 9.51. The molecule has 2 aromatic heterocycles. The third-order valence-corrected chi connectivity index (χ3v) is 4.17. The van der Waals surface area contributed by atoms with Crippen molar-refractivity contribution in [1.82, 2.24) is 19.7 Å². The van der Waals surface area contributed by atoms with E-state index < -0.39 is 0 Å². The highest BCUT2D eigenvalue weighted by Gasteiger charge is 2.28. The van der Waals surface area contributed by atoms with E-state index in [1.54, 1.807) is 11.3 Å². The fourth-order valence-electron chi connectivity index (χ4n) is 2.06. The molecule has 3 heterocycles. The number of halogens is 1. The summed E-state index contributed by atoms with van der Waals surface area (Å²) in [6.07, 6.45) is 3.88. The van der Waals surface area contributed by atoms with Crippen LogP contribution in [0.5, 0.6) is 0 Å². The van der Waals surface area contributed by atoms with E-state index in [4.69, 9.17) is 0 Å². The molecule has 6 heteroatoms. The predicted molar refractivity (Wildman–Crippen MR) is 71.1 cm³/mol. The molecule has 0 aliphatic carbocycles. The molecule has 2 aromatic rings. The van der Waals surface area contributed by atoms with E-state index in [-0.39, 0.29) is 0 Å². The first-order valence-electron chi connectivity index (χ1n) is 5.54. The van der Waals surface area contributed by atoms with Crippen LogP contribution in [0.3, 0.4) is 0 Å².